The number of thiazole rings is 1. The van der Waals surface area contributed by atoms with E-state index >= 15 is 0 Å². The third-order valence-corrected chi connectivity index (χ3v) is 6.15. The molecule has 5 aromatic rings. The fourth-order valence-electron chi connectivity index (χ4n) is 3.56. The molecule has 1 N–H and O–H groups in total. The molecule has 7 heteroatoms. The highest BCUT2D eigenvalue weighted by Crippen LogP contribution is 2.22. The Hall–Kier alpha value is -3.48. The molecule has 1 amide bonds. The standard InChI is InChI=1S/C24H16ClN3O2S/c25-17-7-8-19-21(11-17)28(18-4-2-1-3-5-18)13-16(23(19)29)12-26-24(30)15-6-9-22-20(10-15)27-14-31-22/h1-11,13-14H,12H2,(H,26,30). The van der Waals surface area contributed by atoms with Crippen LogP contribution in [0, 0.1) is 0 Å². The molecule has 0 saturated heterocycles. The Morgan fingerprint density at radius 3 is 2.74 bits per heavy atom. The van der Waals surface area contributed by atoms with Crippen molar-refractivity contribution >= 4 is 50.0 Å². The average Bonchev–Trinajstić information content (AvgIpc) is 3.27. The van der Waals surface area contributed by atoms with Crippen molar-refractivity contribution in [3.8, 4) is 5.69 Å². The van der Waals surface area contributed by atoms with Gasteiger partial charge < -0.3 is 9.88 Å². The zero-order valence-corrected chi connectivity index (χ0v) is 17.8. The first-order valence-corrected chi connectivity index (χ1v) is 10.9. The molecule has 0 fully saturated rings. The van der Waals surface area contributed by atoms with Gasteiger partial charge in [0.25, 0.3) is 5.91 Å². The number of hydrogen-bond donors (Lipinski definition) is 1. The lowest BCUT2D eigenvalue weighted by Gasteiger charge is -2.14. The first kappa shape index (κ1) is 19.5. The van der Waals surface area contributed by atoms with E-state index in [1.807, 2.05) is 41.0 Å². The summed E-state index contributed by atoms with van der Waals surface area (Å²) in [6.45, 7) is 0.109. The molecule has 2 aromatic heterocycles. The summed E-state index contributed by atoms with van der Waals surface area (Å²) in [6, 6.07) is 20.3. The predicted molar refractivity (Wildman–Crippen MR) is 125 cm³/mol. The minimum Gasteiger partial charge on any atom is -0.348 e. The molecule has 0 saturated carbocycles. The van der Waals surface area contributed by atoms with E-state index in [1.54, 1.807) is 42.0 Å². The molecular formula is C24H16ClN3O2S. The molecule has 0 aliphatic heterocycles. The second-order valence-corrected chi connectivity index (χ2v) is 8.39. The van der Waals surface area contributed by atoms with Crippen molar-refractivity contribution in [2.45, 2.75) is 6.54 Å². The molecule has 0 atom stereocenters. The third-order valence-electron chi connectivity index (χ3n) is 5.11. The van der Waals surface area contributed by atoms with E-state index in [1.165, 1.54) is 11.3 Å². The van der Waals surface area contributed by atoms with Crippen LogP contribution in [0.1, 0.15) is 15.9 Å². The lowest BCUT2D eigenvalue weighted by atomic mass is 10.1. The van der Waals surface area contributed by atoms with Gasteiger partial charge in [-0.3, -0.25) is 9.59 Å². The monoisotopic (exact) mass is 445 g/mol. The average molecular weight is 446 g/mol. The maximum Gasteiger partial charge on any atom is 0.251 e. The molecule has 0 spiro atoms. The second kappa shape index (κ2) is 7.98. The predicted octanol–water partition coefficient (Wildman–Crippen LogP) is 5.18. The van der Waals surface area contributed by atoms with E-state index in [9.17, 15) is 9.59 Å². The van der Waals surface area contributed by atoms with Crippen molar-refractivity contribution in [2.24, 2.45) is 0 Å². The lowest BCUT2D eigenvalue weighted by molar-refractivity contribution is 0.0951. The summed E-state index contributed by atoms with van der Waals surface area (Å²) in [7, 11) is 0. The highest BCUT2D eigenvalue weighted by molar-refractivity contribution is 7.16. The number of hydrogen-bond acceptors (Lipinski definition) is 4. The van der Waals surface area contributed by atoms with E-state index < -0.39 is 0 Å². The van der Waals surface area contributed by atoms with Gasteiger partial charge in [0, 0.05) is 40.0 Å². The van der Waals surface area contributed by atoms with Gasteiger partial charge in [-0.2, -0.15) is 0 Å². The number of nitrogens with zero attached hydrogens (tertiary/aromatic N) is 2. The molecule has 0 radical (unpaired) electrons. The first-order valence-electron chi connectivity index (χ1n) is 9.61. The van der Waals surface area contributed by atoms with Crippen LogP contribution in [0.4, 0.5) is 0 Å². The number of fused-ring (bicyclic) bond motifs is 2. The van der Waals surface area contributed by atoms with Crippen LogP contribution in [-0.4, -0.2) is 15.5 Å². The Bertz CT molecular complexity index is 1490. The van der Waals surface area contributed by atoms with Crippen molar-refractivity contribution in [1.29, 1.82) is 0 Å². The van der Waals surface area contributed by atoms with Crippen LogP contribution in [0.15, 0.2) is 83.2 Å². The van der Waals surface area contributed by atoms with Gasteiger partial charge in [0.2, 0.25) is 0 Å². The molecule has 31 heavy (non-hydrogen) atoms. The Morgan fingerprint density at radius 1 is 1.06 bits per heavy atom. The van der Waals surface area contributed by atoms with E-state index in [0.29, 0.717) is 27.1 Å². The second-order valence-electron chi connectivity index (χ2n) is 7.07. The summed E-state index contributed by atoms with van der Waals surface area (Å²) in [6.07, 6.45) is 1.76. The Labute approximate surface area is 186 Å². The SMILES string of the molecule is O=C(NCc1cn(-c2ccccc2)c2cc(Cl)ccc2c1=O)c1ccc2scnc2c1. The molecule has 0 bridgehead atoms. The van der Waals surface area contributed by atoms with E-state index in [0.717, 1.165) is 15.9 Å². The molecule has 2 heterocycles. The zero-order valence-electron chi connectivity index (χ0n) is 16.2. The van der Waals surface area contributed by atoms with Gasteiger partial charge in [0.05, 0.1) is 21.2 Å². The number of carbonyl (C=O) groups is 1. The summed E-state index contributed by atoms with van der Waals surface area (Å²) in [5.74, 6) is -0.253. The van der Waals surface area contributed by atoms with Crippen LogP contribution >= 0.6 is 22.9 Å². The number of amides is 1. The highest BCUT2D eigenvalue weighted by Gasteiger charge is 2.13. The van der Waals surface area contributed by atoms with Gasteiger partial charge in [-0.15, -0.1) is 11.3 Å². The molecule has 5 nitrogen and oxygen atoms in total. The number of carbonyl (C=O) groups excluding carboxylic acids is 1. The van der Waals surface area contributed by atoms with Crippen molar-refractivity contribution in [2.75, 3.05) is 0 Å². The van der Waals surface area contributed by atoms with Gasteiger partial charge in [-0.05, 0) is 48.5 Å². The van der Waals surface area contributed by atoms with Gasteiger partial charge >= 0.3 is 0 Å². The fourth-order valence-corrected chi connectivity index (χ4v) is 4.38. The minimum absolute atomic E-state index is 0.109. The summed E-state index contributed by atoms with van der Waals surface area (Å²) in [4.78, 5) is 30.0. The van der Waals surface area contributed by atoms with Crippen LogP contribution in [0.5, 0.6) is 0 Å². The number of nitrogens with one attached hydrogen (secondary N) is 1. The van der Waals surface area contributed by atoms with Gasteiger partial charge in [-0.1, -0.05) is 29.8 Å². The summed E-state index contributed by atoms with van der Waals surface area (Å²) >= 11 is 7.72. The fraction of sp³-hybridized carbons (Fsp3) is 0.0417. The van der Waals surface area contributed by atoms with Gasteiger partial charge in [-0.25, -0.2) is 4.98 Å². The molecule has 5 rings (SSSR count). The van der Waals surface area contributed by atoms with Crippen LogP contribution in [-0.2, 0) is 6.54 Å². The molecule has 3 aromatic carbocycles. The summed E-state index contributed by atoms with van der Waals surface area (Å²) < 4.78 is 2.95. The topological polar surface area (TPSA) is 64.0 Å². The summed E-state index contributed by atoms with van der Waals surface area (Å²) in [5.41, 5.74) is 5.01. The molecular weight excluding hydrogens is 430 g/mol. The highest BCUT2D eigenvalue weighted by atomic mass is 35.5. The Kier molecular flexibility index (Phi) is 5.02. The Balaban J connectivity index is 1.52. The lowest BCUT2D eigenvalue weighted by Crippen LogP contribution is -2.27. The van der Waals surface area contributed by atoms with Gasteiger partial charge in [0.15, 0.2) is 5.43 Å². The maximum atomic E-state index is 13.1. The largest absolute Gasteiger partial charge is 0.348 e. The third kappa shape index (κ3) is 3.71. The van der Waals surface area contributed by atoms with Crippen LogP contribution < -0.4 is 10.7 Å². The van der Waals surface area contributed by atoms with Crippen molar-refractivity contribution in [3.05, 3.63) is 105 Å². The van der Waals surface area contributed by atoms with Crippen molar-refractivity contribution in [3.63, 3.8) is 0 Å². The van der Waals surface area contributed by atoms with Crippen molar-refractivity contribution < 1.29 is 4.79 Å². The van der Waals surface area contributed by atoms with E-state index in [-0.39, 0.29) is 17.9 Å². The van der Waals surface area contributed by atoms with Gasteiger partial charge in [0.1, 0.15) is 0 Å². The minimum atomic E-state index is -0.253. The molecule has 152 valence electrons. The van der Waals surface area contributed by atoms with Crippen LogP contribution in [0.3, 0.4) is 0 Å². The number of benzene rings is 3. The number of para-hydroxylation sites is 1. The number of pyridine rings is 1. The smallest absolute Gasteiger partial charge is 0.251 e. The quantitative estimate of drug-likeness (QED) is 0.414. The zero-order chi connectivity index (χ0) is 21.4. The van der Waals surface area contributed by atoms with E-state index in [4.69, 9.17) is 11.6 Å². The number of rotatable bonds is 4. The maximum absolute atomic E-state index is 13.1. The normalized spacial score (nSPS) is 11.1. The Morgan fingerprint density at radius 2 is 1.90 bits per heavy atom. The van der Waals surface area contributed by atoms with Crippen LogP contribution in [0.25, 0.3) is 26.8 Å². The number of aromatic nitrogens is 2. The molecule has 0 unspecified atom stereocenters. The van der Waals surface area contributed by atoms with Crippen LogP contribution in [0.2, 0.25) is 5.02 Å². The molecule has 0 aliphatic rings. The van der Waals surface area contributed by atoms with Crippen molar-refractivity contribution in [1.82, 2.24) is 14.9 Å². The van der Waals surface area contributed by atoms with E-state index in [2.05, 4.69) is 10.3 Å². The number of halogens is 1. The molecule has 0 aliphatic carbocycles. The first-order chi connectivity index (χ1) is 15.1. The summed E-state index contributed by atoms with van der Waals surface area (Å²) in [5, 5.41) is 3.96.